The second-order valence-electron chi connectivity index (χ2n) is 6.85. The molecule has 10 nitrogen and oxygen atoms in total. The molecule has 0 unspecified atom stereocenters. The van der Waals surface area contributed by atoms with Crippen molar-refractivity contribution in [3.05, 3.63) is 11.6 Å². The Kier molecular flexibility index (Phi) is 7.74. The maximum Gasteiger partial charge on any atom is 0.303 e. The molecule has 162 valence electrons. The molecule has 0 aromatic carbocycles. The van der Waals surface area contributed by atoms with Crippen LogP contribution in [0.3, 0.4) is 0 Å². The first-order valence-electron chi connectivity index (χ1n) is 9.14. The molecular formula is C19H26O10. The Morgan fingerprint density at radius 2 is 1.55 bits per heavy atom. The molecule has 2 rings (SSSR count). The Labute approximate surface area is 168 Å². The van der Waals surface area contributed by atoms with E-state index in [1.54, 1.807) is 6.08 Å². The minimum Gasteiger partial charge on any atom is -0.463 e. The Balaban J connectivity index is 2.40. The van der Waals surface area contributed by atoms with Crippen molar-refractivity contribution in [3.8, 4) is 0 Å². The van der Waals surface area contributed by atoms with Gasteiger partial charge in [-0.3, -0.25) is 19.2 Å². The fourth-order valence-corrected chi connectivity index (χ4v) is 3.73. The topological polar surface area (TPSA) is 124 Å². The highest BCUT2D eigenvalue weighted by molar-refractivity contribution is 5.68. The van der Waals surface area contributed by atoms with Crippen molar-refractivity contribution in [1.29, 1.82) is 0 Å². The third-order valence-corrected chi connectivity index (χ3v) is 4.68. The smallest absolute Gasteiger partial charge is 0.303 e. The molecule has 0 aromatic heterocycles. The van der Waals surface area contributed by atoms with E-state index in [0.717, 1.165) is 0 Å². The van der Waals surface area contributed by atoms with Crippen LogP contribution in [0.15, 0.2) is 11.6 Å². The van der Waals surface area contributed by atoms with Crippen LogP contribution in [0.1, 0.15) is 27.7 Å². The van der Waals surface area contributed by atoms with Crippen molar-refractivity contribution in [3.63, 3.8) is 0 Å². The SMILES string of the molecule is CO[C@@H]1O[C@H](COC(C)=O)[C@@H](OC(C)=O)[C@@H]2[C@H]1C(COC(C)=O)=C[C@@H]2OC(C)=O. The molecule has 0 bridgehead atoms. The van der Waals surface area contributed by atoms with Crippen molar-refractivity contribution in [2.75, 3.05) is 20.3 Å². The zero-order valence-electron chi connectivity index (χ0n) is 17.0. The van der Waals surface area contributed by atoms with E-state index in [-0.39, 0.29) is 13.2 Å². The van der Waals surface area contributed by atoms with Crippen LogP contribution >= 0.6 is 0 Å². The summed E-state index contributed by atoms with van der Waals surface area (Å²) < 4.78 is 32.4. The van der Waals surface area contributed by atoms with Gasteiger partial charge >= 0.3 is 23.9 Å². The maximum absolute atomic E-state index is 11.7. The van der Waals surface area contributed by atoms with Gasteiger partial charge in [-0.1, -0.05) is 0 Å². The summed E-state index contributed by atoms with van der Waals surface area (Å²) in [6.07, 6.45) is -1.67. The zero-order chi connectivity index (χ0) is 21.7. The second kappa shape index (κ2) is 9.84. The Morgan fingerprint density at radius 1 is 0.931 bits per heavy atom. The molecule has 1 aliphatic carbocycles. The van der Waals surface area contributed by atoms with Crippen LogP contribution < -0.4 is 0 Å². The molecule has 6 atom stereocenters. The predicted molar refractivity (Wildman–Crippen MR) is 95.1 cm³/mol. The lowest BCUT2D eigenvalue weighted by Crippen LogP contribution is -2.57. The van der Waals surface area contributed by atoms with Crippen LogP contribution in [0.5, 0.6) is 0 Å². The lowest BCUT2D eigenvalue weighted by molar-refractivity contribution is -0.270. The summed E-state index contributed by atoms with van der Waals surface area (Å²) in [5.41, 5.74) is 0.617. The molecule has 29 heavy (non-hydrogen) atoms. The molecule has 1 heterocycles. The van der Waals surface area contributed by atoms with Crippen molar-refractivity contribution in [2.24, 2.45) is 11.8 Å². The monoisotopic (exact) mass is 414 g/mol. The summed E-state index contributed by atoms with van der Waals surface area (Å²) >= 11 is 0. The number of fused-ring (bicyclic) bond motifs is 1. The minimum atomic E-state index is -0.890. The van der Waals surface area contributed by atoms with Gasteiger partial charge in [0.1, 0.15) is 31.5 Å². The number of esters is 4. The van der Waals surface area contributed by atoms with E-state index in [0.29, 0.717) is 5.57 Å². The number of carbonyl (C=O) groups is 4. The molecule has 1 aliphatic heterocycles. The molecule has 0 aromatic rings. The van der Waals surface area contributed by atoms with Gasteiger partial charge in [0.25, 0.3) is 0 Å². The van der Waals surface area contributed by atoms with E-state index in [1.807, 2.05) is 0 Å². The van der Waals surface area contributed by atoms with Crippen molar-refractivity contribution in [2.45, 2.75) is 52.3 Å². The summed E-state index contributed by atoms with van der Waals surface area (Å²) in [7, 11) is 1.43. The van der Waals surface area contributed by atoms with Gasteiger partial charge < -0.3 is 28.4 Å². The van der Waals surface area contributed by atoms with Crippen molar-refractivity contribution >= 4 is 23.9 Å². The number of ether oxygens (including phenoxy) is 6. The van der Waals surface area contributed by atoms with Crippen LogP contribution in [0.25, 0.3) is 0 Å². The second-order valence-corrected chi connectivity index (χ2v) is 6.85. The Morgan fingerprint density at radius 3 is 2.07 bits per heavy atom. The summed E-state index contributed by atoms with van der Waals surface area (Å²) in [5.74, 6) is -3.20. The molecule has 0 radical (unpaired) electrons. The normalized spacial score (nSPS) is 30.6. The van der Waals surface area contributed by atoms with Crippen LogP contribution in [-0.4, -0.2) is 68.8 Å². The maximum atomic E-state index is 11.7. The molecule has 10 heteroatoms. The molecule has 0 N–H and O–H groups in total. The van der Waals surface area contributed by atoms with E-state index in [4.69, 9.17) is 28.4 Å². The first-order valence-corrected chi connectivity index (χ1v) is 9.14. The van der Waals surface area contributed by atoms with Gasteiger partial charge in [0, 0.05) is 40.7 Å². The first kappa shape index (κ1) is 22.8. The average Bonchev–Trinajstić information content (AvgIpc) is 2.96. The molecule has 2 aliphatic rings. The fraction of sp³-hybridized carbons (Fsp3) is 0.684. The van der Waals surface area contributed by atoms with E-state index in [1.165, 1.54) is 34.8 Å². The molecule has 0 amide bonds. The minimum absolute atomic E-state index is 0.0567. The molecular weight excluding hydrogens is 388 g/mol. The highest BCUT2D eigenvalue weighted by Gasteiger charge is 2.56. The predicted octanol–water partition coefficient (Wildman–Crippen LogP) is 0.520. The lowest BCUT2D eigenvalue weighted by atomic mass is 9.80. The molecule has 1 saturated heterocycles. The number of carbonyl (C=O) groups excluding carboxylic acids is 4. The van der Waals surface area contributed by atoms with E-state index >= 15 is 0 Å². The van der Waals surface area contributed by atoms with Gasteiger partial charge in [0.2, 0.25) is 0 Å². The third kappa shape index (κ3) is 5.77. The van der Waals surface area contributed by atoms with Gasteiger partial charge in [0.05, 0.1) is 5.92 Å². The fourth-order valence-electron chi connectivity index (χ4n) is 3.73. The lowest BCUT2D eigenvalue weighted by Gasteiger charge is -2.44. The first-order chi connectivity index (χ1) is 13.6. The van der Waals surface area contributed by atoms with Gasteiger partial charge in [-0.2, -0.15) is 0 Å². The standard InChI is InChI=1S/C19H26O10/c1-9(20)25-7-13-6-14(27-11(3)22)17-16(13)19(24-5)29-15(8-26-10(2)21)18(17)28-12(4)23/h6,14-19H,7-8H2,1-5H3/t14-,15+,16+,17-,18+,19+/m0/s1. The van der Waals surface area contributed by atoms with Gasteiger partial charge in [-0.25, -0.2) is 0 Å². The Bertz CT molecular complexity index is 684. The van der Waals surface area contributed by atoms with E-state index < -0.39 is 60.3 Å². The third-order valence-electron chi connectivity index (χ3n) is 4.68. The summed E-state index contributed by atoms with van der Waals surface area (Å²) in [6, 6.07) is 0. The summed E-state index contributed by atoms with van der Waals surface area (Å²) in [5, 5.41) is 0. The Hall–Kier alpha value is -2.46. The average molecular weight is 414 g/mol. The largest absolute Gasteiger partial charge is 0.463 e. The van der Waals surface area contributed by atoms with E-state index in [9.17, 15) is 19.2 Å². The van der Waals surface area contributed by atoms with Gasteiger partial charge in [-0.05, 0) is 11.6 Å². The van der Waals surface area contributed by atoms with Crippen molar-refractivity contribution in [1.82, 2.24) is 0 Å². The van der Waals surface area contributed by atoms with Crippen LogP contribution in [0.4, 0.5) is 0 Å². The number of methoxy groups -OCH3 is 1. The van der Waals surface area contributed by atoms with Crippen LogP contribution in [0, 0.1) is 11.8 Å². The molecule has 0 spiro atoms. The molecule has 1 fully saturated rings. The number of hydrogen-bond donors (Lipinski definition) is 0. The number of hydrogen-bond acceptors (Lipinski definition) is 10. The van der Waals surface area contributed by atoms with Crippen LogP contribution in [-0.2, 0) is 47.6 Å². The number of rotatable bonds is 7. The van der Waals surface area contributed by atoms with Crippen LogP contribution in [0.2, 0.25) is 0 Å². The van der Waals surface area contributed by atoms with Gasteiger partial charge in [-0.15, -0.1) is 0 Å². The van der Waals surface area contributed by atoms with Crippen molar-refractivity contribution < 1.29 is 47.6 Å². The van der Waals surface area contributed by atoms with E-state index in [2.05, 4.69) is 0 Å². The summed E-state index contributed by atoms with van der Waals surface area (Å²) in [6.45, 7) is 4.79. The summed E-state index contributed by atoms with van der Waals surface area (Å²) in [4.78, 5) is 45.9. The highest BCUT2D eigenvalue weighted by Crippen LogP contribution is 2.46. The van der Waals surface area contributed by atoms with Gasteiger partial charge in [0.15, 0.2) is 6.29 Å². The quantitative estimate of drug-likeness (QED) is 0.331. The molecule has 0 saturated carbocycles. The zero-order valence-corrected chi connectivity index (χ0v) is 17.0. The highest BCUT2D eigenvalue weighted by atomic mass is 16.7.